The first kappa shape index (κ1) is 30.3. The molecule has 0 saturated carbocycles. The van der Waals surface area contributed by atoms with Crippen LogP contribution in [0.1, 0.15) is 0 Å². The molecule has 2 radical (unpaired) electrons. The van der Waals surface area contributed by atoms with Crippen LogP contribution in [0.25, 0.3) is 0 Å². The van der Waals surface area contributed by atoms with E-state index < -0.39 is 45.7 Å². The first-order valence-corrected chi connectivity index (χ1v) is 13.7. The van der Waals surface area contributed by atoms with Crippen molar-refractivity contribution in [3.8, 4) is 5.75 Å². The van der Waals surface area contributed by atoms with Crippen molar-refractivity contribution in [1.82, 2.24) is 0 Å². The molecule has 1 unspecified atom stereocenters. The van der Waals surface area contributed by atoms with Gasteiger partial charge in [0.05, 0.1) is 41.8 Å². The predicted molar refractivity (Wildman–Crippen MR) is 138 cm³/mol. The van der Waals surface area contributed by atoms with Crippen molar-refractivity contribution < 1.29 is 46.8 Å². The molecule has 0 aliphatic heterocycles. The maximum atomic E-state index is 12.0. The van der Waals surface area contributed by atoms with Crippen LogP contribution >= 0.6 is 75.6 Å². The number of halogens is 3. The van der Waals surface area contributed by atoms with Crippen molar-refractivity contribution in [2.45, 2.75) is 6.10 Å². The summed E-state index contributed by atoms with van der Waals surface area (Å²) in [6.45, 7) is 3.81. The molecule has 1 aromatic carbocycles. The molecule has 0 amide bonds. The van der Waals surface area contributed by atoms with E-state index in [1.165, 1.54) is 0 Å². The van der Waals surface area contributed by atoms with Crippen LogP contribution in [0.2, 0.25) is 0 Å². The summed E-state index contributed by atoms with van der Waals surface area (Å²) in [6.07, 6.45) is -1.25. The predicted octanol–water partition coefficient (Wildman–Crippen LogP) is 2.25. The van der Waals surface area contributed by atoms with Crippen LogP contribution < -0.4 is 9.63 Å². The van der Waals surface area contributed by atoms with Crippen molar-refractivity contribution in [3.05, 3.63) is 29.8 Å². The summed E-state index contributed by atoms with van der Waals surface area (Å²) in [6, 6.07) is 3.78. The Morgan fingerprint density at radius 2 is 1.72 bits per heavy atom. The molecule has 0 aliphatic rings. The van der Waals surface area contributed by atoms with Crippen molar-refractivity contribution in [1.29, 1.82) is 0 Å². The average molecular weight is 809 g/mol. The van der Waals surface area contributed by atoms with Crippen molar-refractivity contribution in [2.24, 2.45) is 0 Å². The van der Waals surface area contributed by atoms with Gasteiger partial charge in [0.25, 0.3) is 7.82 Å². The number of rotatable bonds is 13. The minimum atomic E-state index is -4.65. The Bertz CT molecular complexity index is 824. The third-order valence-corrected chi connectivity index (χ3v) is 6.63. The van der Waals surface area contributed by atoms with Crippen LogP contribution in [0.15, 0.2) is 12.1 Å². The van der Waals surface area contributed by atoms with E-state index in [9.17, 15) is 19.0 Å². The van der Waals surface area contributed by atoms with Gasteiger partial charge in [-0.1, -0.05) is 0 Å². The van der Waals surface area contributed by atoms with E-state index in [1.54, 1.807) is 0 Å². The molecule has 10 nitrogen and oxygen atoms in total. The zero-order valence-electron chi connectivity index (χ0n) is 17.5. The quantitative estimate of drug-likeness (QED) is 0.128. The van der Waals surface area contributed by atoms with Crippen LogP contribution in [-0.4, -0.2) is 76.6 Å². The van der Waals surface area contributed by atoms with Crippen molar-refractivity contribution >= 4 is 87.5 Å². The minimum absolute atomic E-state index is 0.0892. The molecule has 0 bridgehead atoms. The number of carbonyl (C=O) groups is 2. The van der Waals surface area contributed by atoms with Gasteiger partial charge in [0.1, 0.15) is 25.5 Å². The highest BCUT2D eigenvalue weighted by molar-refractivity contribution is 14.1. The number of esters is 2. The van der Waals surface area contributed by atoms with E-state index >= 15 is 0 Å². The van der Waals surface area contributed by atoms with E-state index in [0.717, 1.165) is 10.7 Å². The third-order valence-electron chi connectivity index (χ3n) is 3.44. The molecule has 0 heterocycles. The largest absolute Gasteiger partial charge is 0.756 e. The lowest BCUT2D eigenvalue weighted by Crippen LogP contribution is -2.37. The number of hydrogen-bond donors (Lipinski definition) is 0. The molecule has 14 heteroatoms. The van der Waals surface area contributed by atoms with Gasteiger partial charge in [-0.15, -0.1) is 0 Å². The number of likely N-dealkylation sites (N-methyl/N-ethyl adjacent to an activating group) is 1. The van der Waals surface area contributed by atoms with E-state index in [4.69, 9.17) is 30.2 Å². The Balaban J connectivity index is 2.54. The third kappa shape index (κ3) is 13.2. The number of hydrogen-bond acceptors (Lipinski definition) is 9. The minimum Gasteiger partial charge on any atom is -0.756 e. The Morgan fingerprint density at radius 3 is 2.25 bits per heavy atom. The van der Waals surface area contributed by atoms with Crippen LogP contribution in [0.4, 0.5) is 0 Å². The number of nitrogens with zero attached hydrogens (tertiary/aromatic N) is 1. The van der Waals surface area contributed by atoms with Gasteiger partial charge >= 0.3 is 11.9 Å². The van der Waals surface area contributed by atoms with Gasteiger partial charge in [-0.3, -0.25) is 9.36 Å². The van der Waals surface area contributed by atoms with Gasteiger partial charge in [0, 0.05) is 3.57 Å². The number of benzene rings is 1. The lowest BCUT2D eigenvalue weighted by atomic mass is 10.3. The normalized spacial score (nSPS) is 14.4. The first-order chi connectivity index (χ1) is 14.7. The number of phosphoric ester groups is 1. The summed E-state index contributed by atoms with van der Waals surface area (Å²) in [5.41, 5.74) is 0. The molecule has 0 saturated heterocycles. The summed E-state index contributed by atoms with van der Waals surface area (Å²) in [4.78, 5) is 35.0. The van der Waals surface area contributed by atoms with Crippen LogP contribution in [-0.2, 0) is 32.7 Å². The summed E-state index contributed by atoms with van der Waals surface area (Å²) in [7, 11) is 0.959. The van der Waals surface area contributed by atoms with E-state index in [0.29, 0.717) is 16.8 Å². The van der Waals surface area contributed by atoms with Crippen LogP contribution in [0.3, 0.4) is 0 Å². The molecule has 1 aromatic rings. The molecule has 2 atom stereocenters. The molecule has 0 aromatic heterocycles. The summed E-state index contributed by atoms with van der Waals surface area (Å²) >= 11 is 6.35. The topological polar surface area (TPSA) is 120 Å². The van der Waals surface area contributed by atoms with Crippen LogP contribution in [0.5, 0.6) is 5.75 Å². The van der Waals surface area contributed by atoms with Gasteiger partial charge < -0.3 is 32.6 Å². The summed E-state index contributed by atoms with van der Waals surface area (Å²) < 4.78 is 39.8. The second-order valence-electron chi connectivity index (χ2n) is 7.32. The van der Waals surface area contributed by atoms with Crippen LogP contribution in [0, 0.1) is 17.6 Å². The molecular weight excluding hydrogens is 786 g/mol. The average Bonchev–Trinajstić information content (AvgIpc) is 2.61. The molecule has 0 aliphatic carbocycles. The summed E-state index contributed by atoms with van der Waals surface area (Å²) in [5.74, 6) is -1.39. The van der Waals surface area contributed by atoms with E-state index in [-0.39, 0.29) is 6.61 Å². The highest BCUT2D eigenvalue weighted by Gasteiger charge is 2.21. The number of ether oxygens (including phenoxy) is 3. The van der Waals surface area contributed by atoms with Gasteiger partial charge in [-0.05, 0) is 79.9 Å². The Morgan fingerprint density at radius 1 is 1.12 bits per heavy atom. The Kier molecular flexibility index (Phi) is 13.2. The number of phosphoric acid groups is 1. The van der Waals surface area contributed by atoms with Gasteiger partial charge in [0.15, 0.2) is 12.7 Å². The highest BCUT2D eigenvalue weighted by atomic mass is 127. The lowest BCUT2D eigenvalue weighted by molar-refractivity contribution is -0.870. The fraction of sp³-hybridized carbons (Fsp3) is 0.500. The second-order valence-corrected chi connectivity index (χ2v) is 12.3. The molecule has 32 heavy (non-hydrogen) atoms. The van der Waals surface area contributed by atoms with Crippen molar-refractivity contribution in [2.75, 3.05) is 54.1 Å². The molecule has 0 spiro atoms. The monoisotopic (exact) mass is 809 g/mol. The maximum Gasteiger partial charge on any atom is 0.344 e. The zero-order chi connectivity index (χ0) is 24.5. The molecule has 0 N–H and O–H groups in total. The van der Waals surface area contributed by atoms with E-state index in [2.05, 4.69) is 67.8 Å². The highest BCUT2D eigenvalue weighted by Crippen LogP contribution is 2.38. The lowest BCUT2D eigenvalue weighted by Gasteiger charge is -2.28. The number of carbonyl (C=O) groups excluding carboxylic acids is 2. The molecular formula is C18H23I3NO9P. The zero-order valence-corrected chi connectivity index (χ0v) is 24.9. The van der Waals surface area contributed by atoms with Crippen molar-refractivity contribution in [3.63, 3.8) is 0 Å². The Labute approximate surface area is 228 Å². The standard InChI is InChI=1S/C18H23I3NO9P/c1-12(23)31-14(10-30-32(25,26)29-6-5-22(2,3)4)9-27-17(24)11-28-18-15(20)7-13(19)8-16(18)21/h1,7-8,14H,5-6,9-11H2,2-4H3/t14-/m1/s1. The summed E-state index contributed by atoms with van der Waals surface area (Å²) in [5, 5.41) is 0. The van der Waals surface area contributed by atoms with E-state index in [1.807, 2.05) is 33.3 Å². The molecule has 180 valence electrons. The fourth-order valence-corrected chi connectivity index (χ4v) is 6.57. The number of quaternary nitrogens is 1. The van der Waals surface area contributed by atoms with Gasteiger partial charge in [-0.2, -0.15) is 0 Å². The smallest absolute Gasteiger partial charge is 0.344 e. The molecule has 0 fully saturated rings. The fourth-order valence-electron chi connectivity index (χ4n) is 1.94. The SMILES string of the molecule is [CH]C(=O)O[C@H](COC(=O)COc1c(I)cc(I)cc1I)COP(=O)([O-])OCC[N+](C)(C)C. The van der Waals surface area contributed by atoms with Gasteiger partial charge in [-0.25, -0.2) is 4.79 Å². The molecule has 1 rings (SSSR count). The first-order valence-electron chi connectivity index (χ1n) is 8.98. The van der Waals surface area contributed by atoms with Gasteiger partial charge in [0.2, 0.25) is 0 Å². The second kappa shape index (κ2) is 13.9. The Hall–Kier alpha value is 0.220. The maximum absolute atomic E-state index is 12.0.